The zero-order valence-electron chi connectivity index (χ0n) is 14.7. The molecule has 24 heavy (non-hydrogen) atoms. The summed E-state index contributed by atoms with van der Waals surface area (Å²) in [6, 6.07) is 8.75. The number of nitrogens with two attached hydrogens (primary N) is 1. The highest BCUT2D eigenvalue weighted by Gasteiger charge is 2.26. The van der Waals surface area contributed by atoms with E-state index in [2.05, 4.69) is 19.1 Å². The number of amides is 1. The third kappa shape index (κ3) is 4.50. The molecule has 0 bridgehead atoms. The fraction of sp³-hybridized carbons (Fsp3) is 0.650. The summed E-state index contributed by atoms with van der Waals surface area (Å²) in [7, 11) is 0. The molecule has 0 spiro atoms. The van der Waals surface area contributed by atoms with Crippen molar-refractivity contribution in [1.82, 2.24) is 4.90 Å². The van der Waals surface area contributed by atoms with E-state index in [9.17, 15) is 4.79 Å². The molecule has 4 heteroatoms. The molecule has 2 unspecified atom stereocenters. The molecule has 2 N–H and O–H groups in total. The van der Waals surface area contributed by atoms with Gasteiger partial charge in [0.1, 0.15) is 5.75 Å². The zero-order chi connectivity index (χ0) is 16.9. The Kier molecular flexibility index (Phi) is 5.77. The summed E-state index contributed by atoms with van der Waals surface area (Å²) in [5.74, 6) is 1.20. The van der Waals surface area contributed by atoms with Crippen LogP contribution in [0.5, 0.6) is 5.75 Å². The monoisotopic (exact) mass is 330 g/mol. The number of likely N-dealkylation sites (tertiary alicyclic amines) is 1. The molecule has 1 saturated carbocycles. The number of carbonyl (C=O) groups is 1. The molecule has 1 amide bonds. The zero-order valence-corrected chi connectivity index (χ0v) is 14.7. The first-order chi connectivity index (χ1) is 11.6. The molecule has 1 saturated heterocycles. The molecule has 3 rings (SSSR count). The van der Waals surface area contributed by atoms with E-state index >= 15 is 0 Å². The van der Waals surface area contributed by atoms with Crippen molar-refractivity contribution < 1.29 is 9.53 Å². The van der Waals surface area contributed by atoms with Crippen LogP contribution in [0.3, 0.4) is 0 Å². The van der Waals surface area contributed by atoms with Crippen LogP contribution in [0.2, 0.25) is 0 Å². The van der Waals surface area contributed by atoms with Crippen molar-refractivity contribution in [2.75, 3.05) is 6.54 Å². The Hall–Kier alpha value is -1.55. The first kappa shape index (κ1) is 17.3. The van der Waals surface area contributed by atoms with Crippen LogP contribution >= 0.6 is 0 Å². The highest BCUT2D eigenvalue weighted by molar-refractivity contribution is 5.77. The molecule has 2 fully saturated rings. The molecule has 2 aliphatic rings. The quantitative estimate of drug-likeness (QED) is 0.901. The van der Waals surface area contributed by atoms with Crippen molar-refractivity contribution in [3.05, 3.63) is 29.8 Å². The van der Waals surface area contributed by atoms with Gasteiger partial charge in [0.25, 0.3) is 0 Å². The highest BCUT2D eigenvalue weighted by atomic mass is 16.5. The molecular formula is C20H30N2O2. The Morgan fingerprint density at radius 1 is 1.29 bits per heavy atom. The van der Waals surface area contributed by atoms with Crippen LogP contribution in [0, 0.1) is 0 Å². The normalized spacial score (nSPS) is 25.0. The van der Waals surface area contributed by atoms with Gasteiger partial charge in [-0.2, -0.15) is 0 Å². The van der Waals surface area contributed by atoms with E-state index in [1.165, 1.54) is 18.4 Å². The van der Waals surface area contributed by atoms with Crippen molar-refractivity contribution in [3.8, 4) is 5.75 Å². The van der Waals surface area contributed by atoms with Gasteiger partial charge in [-0.15, -0.1) is 0 Å². The standard InChI is InChI=1S/C20H30N2O2/c1-15-13-17(21)11-12-22(15)20(23)10-9-16-5-4-8-19(14-16)24-18-6-2-3-7-18/h4-5,8,14-15,17-18H,2-3,6-7,9-13,21H2,1H3. The Bertz CT molecular complexity index is 554. The van der Waals surface area contributed by atoms with Gasteiger partial charge in [-0.3, -0.25) is 4.79 Å². The second-order valence-corrected chi connectivity index (χ2v) is 7.39. The summed E-state index contributed by atoms with van der Waals surface area (Å²) in [6.07, 6.45) is 8.42. The van der Waals surface area contributed by atoms with Crippen LogP contribution in [0.1, 0.15) is 57.4 Å². The predicted octanol–water partition coefficient (Wildman–Crippen LogP) is 3.28. The summed E-state index contributed by atoms with van der Waals surface area (Å²) in [6.45, 7) is 2.90. The van der Waals surface area contributed by atoms with Crippen molar-refractivity contribution in [2.45, 2.75) is 76.5 Å². The summed E-state index contributed by atoms with van der Waals surface area (Å²) in [5, 5.41) is 0. The van der Waals surface area contributed by atoms with Gasteiger partial charge < -0.3 is 15.4 Å². The summed E-state index contributed by atoms with van der Waals surface area (Å²) >= 11 is 0. The third-order valence-corrected chi connectivity index (χ3v) is 5.37. The average molecular weight is 330 g/mol. The van der Waals surface area contributed by atoms with E-state index < -0.39 is 0 Å². The minimum Gasteiger partial charge on any atom is -0.490 e. The van der Waals surface area contributed by atoms with Crippen LogP contribution in [0.4, 0.5) is 0 Å². The van der Waals surface area contributed by atoms with E-state index in [1.54, 1.807) is 0 Å². The van der Waals surface area contributed by atoms with Gasteiger partial charge in [-0.05, 0) is 69.6 Å². The molecular weight excluding hydrogens is 300 g/mol. The largest absolute Gasteiger partial charge is 0.490 e. The molecule has 1 aliphatic heterocycles. The fourth-order valence-electron chi connectivity index (χ4n) is 3.95. The second-order valence-electron chi connectivity index (χ2n) is 7.39. The maximum atomic E-state index is 12.5. The van der Waals surface area contributed by atoms with Crippen LogP contribution in [0.25, 0.3) is 0 Å². The topological polar surface area (TPSA) is 55.6 Å². The first-order valence-electron chi connectivity index (χ1n) is 9.42. The van der Waals surface area contributed by atoms with Gasteiger partial charge in [0.05, 0.1) is 6.10 Å². The molecule has 2 atom stereocenters. The Morgan fingerprint density at radius 3 is 2.83 bits per heavy atom. The van der Waals surface area contributed by atoms with Crippen LogP contribution in [-0.4, -0.2) is 35.5 Å². The predicted molar refractivity (Wildman–Crippen MR) is 96.0 cm³/mol. The van der Waals surface area contributed by atoms with Crippen molar-refractivity contribution >= 4 is 5.91 Å². The van der Waals surface area contributed by atoms with Crippen molar-refractivity contribution in [3.63, 3.8) is 0 Å². The third-order valence-electron chi connectivity index (χ3n) is 5.37. The maximum Gasteiger partial charge on any atom is 0.223 e. The van der Waals surface area contributed by atoms with E-state index in [1.807, 2.05) is 17.0 Å². The van der Waals surface area contributed by atoms with Gasteiger partial charge in [-0.25, -0.2) is 0 Å². The van der Waals surface area contributed by atoms with Crippen LogP contribution < -0.4 is 10.5 Å². The minimum absolute atomic E-state index is 0.244. The Morgan fingerprint density at radius 2 is 2.08 bits per heavy atom. The van der Waals surface area contributed by atoms with Crippen LogP contribution in [-0.2, 0) is 11.2 Å². The first-order valence-corrected chi connectivity index (χ1v) is 9.42. The number of hydrogen-bond acceptors (Lipinski definition) is 3. The molecule has 1 aromatic rings. The van der Waals surface area contributed by atoms with Gasteiger partial charge in [0.2, 0.25) is 5.91 Å². The molecule has 1 aliphatic carbocycles. The second kappa shape index (κ2) is 8.02. The lowest BCUT2D eigenvalue weighted by Crippen LogP contribution is -2.48. The van der Waals surface area contributed by atoms with E-state index in [0.717, 1.165) is 44.4 Å². The lowest BCUT2D eigenvalue weighted by atomic mass is 9.98. The van der Waals surface area contributed by atoms with Crippen molar-refractivity contribution in [2.24, 2.45) is 5.73 Å². The smallest absolute Gasteiger partial charge is 0.223 e. The molecule has 0 radical (unpaired) electrons. The number of nitrogens with zero attached hydrogens (tertiary/aromatic N) is 1. The summed E-state index contributed by atoms with van der Waals surface area (Å²) in [5.41, 5.74) is 7.17. The SMILES string of the molecule is CC1CC(N)CCN1C(=O)CCc1cccc(OC2CCCC2)c1. The van der Waals surface area contributed by atoms with Crippen LogP contribution in [0.15, 0.2) is 24.3 Å². The number of carbonyl (C=O) groups excluding carboxylic acids is 1. The number of ether oxygens (including phenoxy) is 1. The molecule has 4 nitrogen and oxygen atoms in total. The minimum atomic E-state index is 0.244. The van der Waals surface area contributed by atoms with Gasteiger partial charge in [0.15, 0.2) is 0 Å². The molecule has 132 valence electrons. The number of piperidine rings is 1. The Labute approximate surface area is 145 Å². The maximum absolute atomic E-state index is 12.5. The Balaban J connectivity index is 1.51. The fourth-order valence-corrected chi connectivity index (χ4v) is 3.95. The van der Waals surface area contributed by atoms with E-state index in [4.69, 9.17) is 10.5 Å². The summed E-state index contributed by atoms with van der Waals surface area (Å²) < 4.78 is 6.06. The average Bonchev–Trinajstić information content (AvgIpc) is 3.06. The molecule has 0 aromatic heterocycles. The lowest BCUT2D eigenvalue weighted by molar-refractivity contribution is -0.134. The lowest BCUT2D eigenvalue weighted by Gasteiger charge is -2.36. The van der Waals surface area contributed by atoms with Gasteiger partial charge in [-0.1, -0.05) is 12.1 Å². The van der Waals surface area contributed by atoms with Crippen molar-refractivity contribution in [1.29, 1.82) is 0 Å². The highest BCUT2D eigenvalue weighted by Crippen LogP contribution is 2.25. The number of benzene rings is 1. The number of hydrogen-bond donors (Lipinski definition) is 1. The number of aryl methyl sites for hydroxylation is 1. The number of rotatable bonds is 5. The van der Waals surface area contributed by atoms with E-state index in [-0.39, 0.29) is 18.0 Å². The van der Waals surface area contributed by atoms with Gasteiger partial charge >= 0.3 is 0 Å². The van der Waals surface area contributed by atoms with E-state index in [0.29, 0.717) is 12.5 Å². The van der Waals surface area contributed by atoms with Gasteiger partial charge in [0, 0.05) is 25.0 Å². The molecule has 1 heterocycles. The molecule has 1 aromatic carbocycles. The summed E-state index contributed by atoms with van der Waals surface area (Å²) in [4.78, 5) is 14.5.